The Bertz CT molecular complexity index is 269. The van der Waals surface area contributed by atoms with Crippen LogP contribution in [0.4, 0.5) is 4.48 Å². The zero-order valence-electron chi connectivity index (χ0n) is 6.43. The van der Waals surface area contributed by atoms with Gasteiger partial charge in [-0.3, -0.25) is 0 Å². The number of aryl methyl sites for hydroxylation is 1. The predicted molar refractivity (Wildman–Crippen MR) is 44.3 cm³/mol. The van der Waals surface area contributed by atoms with E-state index in [1.165, 1.54) is 16.0 Å². The van der Waals surface area contributed by atoms with Crippen LogP contribution in [0, 0.1) is 6.92 Å². The molecule has 1 aliphatic heterocycles. The highest BCUT2D eigenvalue weighted by molar-refractivity contribution is 7.10. The molecule has 1 nitrogen and oxygen atoms in total. The van der Waals surface area contributed by atoms with Crippen molar-refractivity contribution < 1.29 is 4.48 Å². The van der Waals surface area contributed by atoms with Crippen LogP contribution in [-0.4, -0.2) is 11.7 Å². The molecule has 0 aliphatic carbocycles. The minimum absolute atomic E-state index is 0.491. The van der Waals surface area contributed by atoms with Gasteiger partial charge in [-0.2, -0.15) is 0 Å². The lowest BCUT2D eigenvalue weighted by molar-refractivity contribution is 0.0109. The van der Waals surface area contributed by atoms with Crippen LogP contribution in [0.3, 0.4) is 0 Å². The summed E-state index contributed by atoms with van der Waals surface area (Å²) in [7, 11) is 0. The lowest BCUT2D eigenvalue weighted by atomic mass is 10.1. The van der Waals surface area contributed by atoms with Crippen molar-refractivity contribution >= 4 is 11.3 Å². The molecule has 0 fully saturated rings. The Labute approximate surface area is 69.4 Å². The van der Waals surface area contributed by atoms with Crippen molar-refractivity contribution in [1.29, 1.82) is 0 Å². The summed E-state index contributed by atoms with van der Waals surface area (Å²) >= 11 is 1.76. The van der Waals surface area contributed by atoms with Gasteiger partial charge in [0.1, 0.15) is 0 Å². The fourth-order valence-electron chi connectivity index (χ4n) is 1.42. The summed E-state index contributed by atoms with van der Waals surface area (Å²) < 4.78 is 12.8. The molecule has 0 radical (unpaired) electrons. The second kappa shape index (κ2) is 2.57. The molecule has 2 rings (SSSR count). The van der Waals surface area contributed by atoms with Crippen LogP contribution in [0.25, 0.3) is 0 Å². The van der Waals surface area contributed by atoms with Gasteiger partial charge >= 0.3 is 0 Å². The van der Waals surface area contributed by atoms with Crippen LogP contribution < -0.4 is 0 Å². The molecule has 0 bridgehead atoms. The molecule has 3 heteroatoms. The summed E-state index contributed by atoms with van der Waals surface area (Å²) in [5, 5.41) is 3.01. The van der Waals surface area contributed by atoms with Crippen molar-refractivity contribution in [3.8, 4) is 0 Å². The Morgan fingerprint density at radius 3 is 3.27 bits per heavy atom. The summed E-state index contributed by atoms with van der Waals surface area (Å²) in [6.07, 6.45) is 0.879. The van der Waals surface area contributed by atoms with E-state index in [1.54, 1.807) is 11.3 Å². The van der Waals surface area contributed by atoms with E-state index in [-0.39, 0.29) is 0 Å². The van der Waals surface area contributed by atoms with E-state index in [2.05, 4.69) is 12.3 Å². The number of thiophene rings is 1. The van der Waals surface area contributed by atoms with Crippen molar-refractivity contribution in [2.75, 3.05) is 6.54 Å². The second-order valence-corrected chi connectivity index (χ2v) is 3.88. The maximum absolute atomic E-state index is 12.8. The third-order valence-corrected chi connectivity index (χ3v) is 3.31. The van der Waals surface area contributed by atoms with E-state index in [4.69, 9.17) is 0 Å². The first-order valence-corrected chi connectivity index (χ1v) is 4.62. The van der Waals surface area contributed by atoms with E-state index in [9.17, 15) is 4.48 Å². The standard InChI is InChI=1S/C8H10FNS/c1-6-5-11-8-2-3-10(9)4-7(6)8/h5H,2-4H2,1H3. The van der Waals surface area contributed by atoms with Gasteiger partial charge in [-0.25, -0.2) is 0 Å². The largest absolute Gasteiger partial charge is 0.148 e. The molecule has 0 saturated heterocycles. The lowest BCUT2D eigenvalue weighted by Gasteiger charge is -2.18. The zero-order valence-corrected chi connectivity index (χ0v) is 7.25. The topological polar surface area (TPSA) is 3.24 Å². The number of nitrogens with zero attached hydrogens (tertiary/aromatic N) is 1. The Hall–Kier alpha value is -0.410. The average Bonchev–Trinajstić information content (AvgIpc) is 2.33. The Morgan fingerprint density at radius 2 is 2.45 bits per heavy atom. The first-order chi connectivity index (χ1) is 5.27. The molecule has 2 heterocycles. The van der Waals surface area contributed by atoms with Crippen molar-refractivity contribution in [3.05, 3.63) is 21.4 Å². The van der Waals surface area contributed by atoms with Crippen molar-refractivity contribution in [2.24, 2.45) is 0 Å². The third-order valence-electron chi connectivity index (χ3n) is 2.10. The van der Waals surface area contributed by atoms with Gasteiger partial charge < -0.3 is 0 Å². The quantitative estimate of drug-likeness (QED) is 0.541. The lowest BCUT2D eigenvalue weighted by Crippen LogP contribution is -2.22. The molecule has 0 saturated carbocycles. The maximum atomic E-state index is 12.8. The van der Waals surface area contributed by atoms with Gasteiger partial charge in [-0.15, -0.1) is 20.9 Å². The van der Waals surface area contributed by atoms with E-state index >= 15 is 0 Å². The van der Waals surface area contributed by atoms with Crippen molar-refractivity contribution in [1.82, 2.24) is 5.12 Å². The molecule has 0 N–H and O–H groups in total. The van der Waals surface area contributed by atoms with Gasteiger partial charge in [0.05, 0.1) is 6.54 Å². The number of hydrogen-bond donors (Lipinski definition) is 0. The van der Waals surface area contributed by atoms with Crippen LogP contribution in [-0.2, 0) is 13.0 Å². The first kappa shape index (κ1) is 7.25. The van der Waals surface area contributed by atoms with Gasteiger partial charge in [-0.05, 0) is 29.9 Å². The normalized spacial score (nSPS) is 18.4. The highest BCUT2D eigenvalue weighted by atomic mass is 32.1. The highest BCUT2D eigenvalue weighted by Crippen LogP contribution is 2.27. The van der Waals surface area contributed by atoms with Crippen LogP contribution in [0.1, 0.15) is 16.0 Å². The monoisotopic (exact) mass is 171 g/mol. The Morgan fingerprint density at radius 1 is 1.64 bits per heavy atom. The van der Waals surface area contributed by atoms with Crippen molar-refractivity contribution in [2.45, 2.75) is 19.9 Å². The number of rotatable bonds is 0. The van der Waals surface area contributed by atoms with Crippen LogP contribution in [0.5, 0.6) is 0 Å². The molecule has 0 atom stereocenters. The first-order valence-electron chi connectivity index (χ1n) is 3.74. The van der Waals surface area contributed by atoms with E-state index in [1.807, 2.05) is 0 Å². The summed E-state index contributed by atoms with van der Waals surface area (Å²) in [4.78, 5) is 1.37. The Balaban J connectivity index is 2.37. The fraction of sp³-hybridized carbons (Fsp3) is 0.500. The van der Waals surface area contributed by atoms with Crippen LogP contribution in [0.15, 0.2) is 5.38 Å². The SMILES string of the molecule is Cc1csc2c1CN(F)CC2. The second-order valence-electron chi connectivity index (χ2n) is 2.91. The van der Waals surface area contributed by atoms with Crippen LogP contribution >= 0.6 is 11.3 Å². The number of fused-ring (bicyclic) bond motifs is 1. The van der Waals surface area contributed by atoms with Gasteiger partial charge in [-0.1, -0.05) is 0 Å². The predicted octanol–water partition coefficient (Wildman–Crippen LogP) is 2.30. The van der Waals surface area contributed by atoms with Gasteiger partial charge in [0.15, 0.2) is 0 Å². The summed E-state index contributed by atoms with van der Waals surface area (Å²) in [6, 6.07) is 0. The molecular weight excluding hydrogens is 161 g/mol. The third kappa shape index (κ3) is 1.19. The van der Waals surface area contributed by atoms with Gasteiger partial charge in [0, 0.05) is 11.4 Å². The molecule has 1 aromatic rings. The summed E-state index contributed by atoms with van der Waals surface area (Å²) in [6.45, 7) is 3.10. The molecule has 0 unspecified atom stereocenters. The van der Waals surface area contributed by atoms with Crippen molar-refractivity contribution in [3.63, 3.8) is 0 Å². The maximum Gasteiger partial charge on any atom is 0.0554 e. The number of halogens is 1. The number of hydrogen-bond acceptors (Lipinski definition) is 2. The van der Waals surface area contributed by atoms with E-state index in [0.29, 0.717) is 13.1 Å². The minimum atomic E-state index is 0.491. The minimum Gasteiger partial charge on any atom is -0.148 e. The van der Waals surface area contributed by atoms with Gasteiger partial charge in [0.2, 0.25) is 0 Å². The molecule has 1 aliphatic rings. The summed E-state index contributed by atoms with van der Waals surface area (Å²) in [5.74, 6) is 0. The smallest absolute Gasteiger partial charge is 0.0554 e. The fourth-order valence-corrected chi connectivity index (χ4v) is 2.46. The molecule has 0 aromatic carbocycles. The molecule has 60 valence electrons. The zero-order chi connectivity index (χ0) is 7.84. The molecular formula is C8H10FNS. The molecule has 0 amide bonds. The molecule has 1 aromatic heterocycles. The molecule has 0 spiro atoms. The van der Waals surface area contributed by atoms with Gasteiger partial charge in [0.25, 0.3) is 0 Å². The van der Waals surface area contributed by atoms with E-state index < -0.39 is 0 Å². The van der Waals surface area contributed by atoms with Crippen LogP contribution in [0.2, 0.25) is 0 Å². The van der Waals surface area contributed by atoms with E-state index in [0.717, 1.165) is 11.5 Å². The molecule has 11 heavy (non-hydrogen) atoms. The highest BCUT2D eigenvalue weighted by Gasteiger charge is 2.18. The Kier molecular flexibility index (Phi) is 1.69. The average molecular weight is 171 g/mol. The summed E-state index contributed by atoms with van der Waals surface area (Å²) in [5.41, 5.74) is 2.45.